The summed E-state index contributed by atoms with van der Waals surface area (Å²) >= 11 is 0. The van der Waals surface area contributed by atoms with Gasteiger partial charge in [-0.2, -0.15) is 0 Å². The fourth-order valence-electron chi connectivity index (χ4n) is 3.89. The van der Waals surface area contributed by atoms with Gasteiger partial charge in [-0.25, -0.2) is 9.78 Å². The third-order valence-electron chi connectivity index (χ3n) is 5.75. The normalized spacial score (nSPS) is 14.2. The molecule has 7 nitrogen and oxygen atoms in total. The van der Waals surface area contributed by atoms with E-state index in [4.69, 9.17) is 14.0 Å². The number of aryl methyl sites for hydroxylation is 2. The number of nitrogens with one attached hydrogen (secondary N) is 1. The summed E-state index contributed by atoms with van der Waals surface area (Å²) in [5.41, 5.74) is 4.06. The monoisotopic (exact) mass is 435 g/mol. The number of carbonyl (C=O) groups is 1. The van der Waals surface area contributed by atoms with E-state index in [1.807, 2.05) is 50.2 Å². The molecular formula is C25H29N3O4. The Labute approximate surface area is 188 Å². The van der Waals surface area contributed by atoms with Crippen LogP contribution in [0.5, 0.6) is 5.75 Å². The number of aromatic nitrogens is 2. The molecule has 1 aliphatic carbocycles. The van der Waals surface area contributed by atoms with E-state index in [0.29, 0.717) is 17.1 Å². The second-order valence-corrected chi connectivity index (χ2v) is 8.20. The maximum Gasteiger partial charge on any atom is 0.407 e. The molecule has 4 rings (SSSR count). The van der Waals surface area contributed by atoms with Gasteiger partial charge in [0.2, 0.25) is 0 Å². The first kappa shape index (κ1) is 21.9. The number of hydrogen-bond donors (Lipinski definition) is 1. The van der Waals surface area contributed by atoms with Crippen molar-refractivity contribution < 1.29 is 18.8 Å². The molecule has 1 aromatic carbocycles. The molecule has 32 heavy (non-hydrogen) atoms. The van der Waals surface area contributed by atoms with E-state index in [1.165, 1.54) is 19.3 Å². The predicted molar refractivity (Wildman–Crippen MR) is 120 cm³/mol. The van der Waals surface area contributed by atoms with Crippen molar-refractivity contribution in [3.8, 4) is 17.2 Å². The second-order valence-electron chi connectivity index (χ2n) is 8.20. The molecular weight excluding hydrogens is 406 g/mol. The molecule has 0 bridgehead atoms. The summed E-state index contributed by atoms with van der Waals surface area (Å²) in [6, 6.07) is 11.5. The average Bonchev–Trinajstić information content (AvgIpc) is 3.19. The van der Waals surface area contributed by atoms with E-state index < -0.39 is 6.09 Å². The third kappa shape index (κ3) is 5.46. The highest BCUT2D eigenvalue weighted by molar-refractivity contribution is 5.68. The molecule has 1 N–H and O–H groups in total. The van der Waals surface area contributed by atoms with Crippen LogP contribution in [0.2, 0.25) is 0 Å². The Hall–Kier alpha value is -3.35. The fraction of sp³-hybridized carbons (Fsp3) is 0.400. The quantitative estimate of drug-likeness (QED) is 0.528. The summed E-state index contributed by atoms with van der Waals surface area (Å²) in [6.07, 6.45) is 7.44. The van der Waals surface area contributed by atoms with Crippen molar-refractivity contribution in [3.63, 3.8) is 0 Å². The zero-order chi connectivity index (χ0) is 22.3. The zero-order valence-corrected chi connectivity index (χ0v) is 18.6. The van der Waals surface area contributed by atoms with Crippen LogP contribution in [0, 0.1) is 13.8 Å². The lowest BCUT2D eigenvalue weighted by Crippen LogP contribution is -2.24. The van der Waals surface area contributed by atoms with Gasteiger partial charge >= 0.3 is 6.09 Å². The average molecular weight is 436 g/mol. The number of pyridine rings is 1. The molecule has 0 aliphatic heterocycles. The molecule has 3 aromatic rings. The van der Waals surface area contributed by atoms with Crippen LogP contribution in [0.3, 0.4) is 0 Å². The fourth-order valence-corrected chi connectivity index (χ4v) is 3.89. The Morgan fingerprint density at radius 2 is 1.94 bits per heavy atom. The Morgan fingerprint density at radius 1 is 1.16 bits per heavy atom. The molecule has 1 aliphatic rings. The largest absolute Gasteiger partial charge is 0.489 e. The van der Waals surface area contributed by atoms with Gasteiger partial charge in [0.1, 0.15) is 18.1 Å². The molecule has 0 spiro atoms. The van der Waals surface area contributed by atoms with Crippen molar-refractivity contribution in [3.05, 3.63) is 65.0 Å². The lowest BCUT2D eigenvalue weighted by Gasteiger charge is -2.23. The van der Waals surface area contributed by atoms with Gasteiger partial charge in [0.05, 0.1) is 24.5 Å². The first-order valence-corrected chi connectivity index (χ1v) is 11.1. The van der Waals surface area contributed by atoms with Crippen LogP contribution in [0.1, 0.15) is 54.5 Å². The first-order valence-electron chi connectivity index (χ1n) is 11.1. The van der Waals surface area contributed by atoms with Crippen molar-refractivity contribution in [1.82, 2.24) is 15.5 Å². The molecule has 0 unspecified atom stereocenters. The Bertz CT molecular complexity index is 1040. The molecule has 0 saturated heterocycles. The molecule has 168 valence electrons. The van der Waals surface area contributed by atoms with E-state index in [1.54, 1.807) is 6.20 Å². The molecule has 0 atom stereocenters. The van der Waals surface area contributed by atoms with Crippen LogP contribution in [-0.4, -0.2) is 22.3 Å². The predicted octanol–water partition coefficient (Wildman–Crippen LogP) is 5.49. The van der Waals surface area contributed by atoms with Crippen molar-refractivity contribution in [2.24, 2.45) is 0 Å². The van der Waals surface area contributed by atoms with Gasteiger partial charge in [-0.1, -0.05) is 41.9 Å². The van der Waals surface area contributed by atoms with Crippen molar-refractivity contribution in [2.45, 2.75) is 65.2 Å². The Morgan fingerprint density at radius 3 is 2.69 bits per heavy atom. The van der Waals surface area contributed by atoms with Crippen LogP contribution >= 0.6 is 0 Å². The van der Waals surface area contributed by atoms with Gasteiger partial charge in [0.25, 0.3) is 0 Å². The number of nitrogens with zero attached hydrogens (tertiary/aromatic N) is 2. The molecule has 2 aromatic heterocycles. The van der Waals surface area contributed by atoms with Crippen LogP contribution in [0.4, 0.5) is 4.79 Å². The van der Waals surface area contributed by atoms with Crippen molar-refractivity contribution in [1.29, 1.82) is 0 Å². The second kappa shape index (κ2) is 10.3. The molecule has 1 amide bonds. The van der Waals surface area contributed by atoms with E-state index in [-0.39, 0.29) is 19.3 Å². The van der Waals surface area contributed by atoms with Crippen LogP contribution in [0.15, 0.2) is 47.1 Å². The summed E-state index contributed by atoms with van der Waals surface area (Å²) in [5.74, 6) is 1.35. The lowest BCUT2D eigenvalue weighted by molar-refractivity contribution is 0.139. The van der Waals surface area contributed by atoms with E-state index in [9.17, 15) is 4.79 Å². The highest BCUT2D eigenvalue weighted by Gasteiger charge is 2.20. The van der Waals surface area contributed by atoms with Crippen LogP contribution in [0.25, 0.3) is 11.5 Å². The van der Waals surface area contributed by atoms with E-state index >= 15 is 0 Å². The Kier molecular flexibility index (Phi) is 7.04. The minimum atomic E-state index is -0.499. The van der Waals surface area contributed by atoms with Crippen molar-refractivity contribution >= 4 is 6.09 Å². The molecule has 7 heteroatoms. The number of rotatable bonds is 7. The van der Waals surface area contributed by atoms with E-state index in [2.05, 4.69) is 15.5 Å². The number of carbonyl (C=O) groups excluding carboxylic acids is 1. The van der Waals surface area contributed by atoms with Gasteiger partial charge in [0.15, 0.2) is 5.76 Å². The smallest absolute Gasteiger partial charge is 0.407 e. The minimum Gasteiger partial charge on any atom is -0.489 e. The zero-order valence-electron chi connectivity index (χ0n) is 18.6. The Balaban J connectivity index is 1.39. The summed E-state index contributed by atoms with van der Waals surface area (Å²) in [6.45, 7) is 4.29. The van der Waals surface area contributed by atoms with Gasteiger partial charge in [-0.05, 0) is 56.7 Å². The van der Waals surface area contributed by atoms with E-state index in [0.717, 1.165) is 35.3 Å². The van der Waals surface area contributed by atoms with Crippen molar-refractivity contribution in [2.75, 3.05) is 0 Å². The number of hydrogen-bond acceptors (Lipinski definition) is 6. The number of amides is 1. The summed E-state index contributed by atoms with van der Waals surface area (Å²) in [5, 5.41) is 6.84. The van der Waals surface area contributed by atoms with Crippen LogP contribution < -0.4 is 10.1 Å². The highest BCUT2D eigenvalue weighted by Crippen LogP contribution is 2.30. The van der Waals surface area contributed by atoms with Gasteiger partial charge in [-0.15, -0.1) is 0 Å². The maximum absolute atomic E-state index is 12.1. The standard InChI is InChI=1S/C25H29N3O4/c1-17-13-22(26-15-23(17)31-20-11-7-4-8-12-20)24-21(18(2)28-32-24)14-27-25(29)30-16-19-9-5-3-6-10-19/h3,5-6,9-10,13,15,20H,4,7-8,11-12,14,16H2,1-2H3,(H,27,29). The van der Waals surface area contributed by atoms with Gasteiger partial charge < -0.3 is 19.3 Å². The highest BCUT2D eigenvalue weighted by atomic mass is 16.5. The summed E-state index contributed by atoms with van der Waals surface area (Å²) in [7, 11) is 0. The van der Waals surface area contributed by atoms with Gasteiger partial charge in [0, 0.05) is 5.56 Å². The maximum atomic E-state index is 12.1. The SMILES string of the molecule is Cc1cc(-c2onc(C)c2CNC(=O)OCc2ccccc2)ncc1OC1CCCCC1. The topological polar surface area (TPSA) is 86.5 Å². The van der Waals surface area contributed by atoms with Crippen LogP contribution in [-0.2, 0) is 17.9 Å². The number of benzene rings is 1. The lowest BCUT2D eigenvalue weighted by atomic mass is 9.98. The molecule has 1 fully saturated rings. The molecule has 1 saturated carbocycles. The number of ether oxygens (including phenoxy) is 2. The molecule has 0 radical (unpaired) electrons. The summed E-state index contributed by atoms with van der Waals surface area (Å²) in [4.78, 5) is 16.7. The van der Waals surface area contributed by atoms with Gasteiger partial charge in [-0.3, -0.25) is 0 Å². The minimum absolute atomic E-state index is 0.214. The third-order valence-corrected chi connectivity index (χ3v) is 5.75. The number of alkyl carbamates (subject to hydrolysis) is 1. The molecule has 2 heterocycles. The summed E-state index contributed by atoms with van der Waals surface area (Å²) < 4.78 is 17.0. The first-order chi connectivity index (χ1) is 15.6.